The van der Waals surface area contributed by atoms with E-state index in [4.69, 9.17) is 4.74 Å². The van der Waals surface area contributed by atoms with Gasteiger partial charge in [0, 0.05) is 31.7 Å². The van der Waals surface area contributed by atoms with Gasteiger partial charge in [-0.1, -0.05) is 12.1 Å². The summed E-state index contributed by atoms with van der Waals surface area (Å²) < 4.78 is 8.44. The van der Waals surface area contributed by atoms with E-state index in [-0.39, 0.29) is 5.56 Å². The van der Waals surface area contributed by atoms with Gasteiger partial charge in [0.1, 0.15) is 11.3 Å². The van der Waals surface area contributed by atoms with Gasteiger partial charge in [-0.15, -0.1) is 0 Å². The third-order valence-corrected chi connectivity index (χ3v) is 4.01. The first-order chi connectivity index (χ1) is 13.6. The normalized spacial score (nSPS) is 11.2. The van der Waals surface area contributed by atoms with E-state index >= 15 is 0 Å². The maximum atomic E-state index is 12.3. The van der Waals surface area contributed by atoms with Crippen LogP contribution in [0.15, 0.2) is 57.6 Å². The topological polar surface area (TPSA) is 114 Å². The Bertz CT molecular complexity index is 1070. The van der Waals surface area contributed by atoms with Crippen molar-refractivity contribution in [3.63, 3.8) is 0 Å². The van der Waals surface area contributed by atoms with E-state index in [0.717, 1.165) is 17.5 Å². The van der Waals surface area contributed by atoms with Crippen molar-refractivity contribution in [3.8, 4) is 17.3 Å². The van der Waals surface area contributed by atoms with Crippen LogP contribution >= 0.6 is 0 Å². The van der Waals surface area contributed by atoms with Crippen LogP contribution in [0, 0.1) is 0 Å². The lowest BCUT2D eigenvalue weighted by atomic mass is 10.2. The van der Waals surface area contributed by atoms with Crippen LogP contribution in [-0.4, -0.2) is 43.6 Å². The van der Waals surface area contributed by atoms with Crippen LogP contribution in [0.4, 0.5) is 0 Å². The number of aromatic hydroxyl groups is 1. The summed E-state index contributed by atoms with van der Waals surface area (Å²) in [6.45, 7) is 3.39. The summed E-state index contributed by atoms with van der Waals surface area (Å²) in [6, 6.07) is 6.76. The third kappa shape index (κ3) is 4.20. The largest absolute Gasteiger partial charge is 0.493 e. The summed E-state index contributed by atoms with van der Waals surface area (Å²) in [4.78, 5) is 34.8. The second-order valence-corrected chi connectivity index (χ2v) is 5.92. The zero-order valence-electron chi connectivity index (χ0n) is 15.4. The smallest absolute Gasteiger partial charge is 0.335 e. The molecule has 0 aliphatic heterocycles. The molecule has 9 heteroatoms. The highest BCUT2D eigenvalue weighted by atomic mass is 16.5. The molecule has 2 N–H and O–H groups in total. The minimum absolute atomic E-state index is 0.0893. The zero-order chi connectivity index (χ0) is 19.9. The van der Waals surface area contributed by atoms with Gasteiger partial charge in [0.15, 0.2) is 0 Å². The van der Waals surface area contributed by atoms with Gasteiger partial charge in [-0.2, -0.15) is 0 Å². The first-order valence-electron chi connectivity index (χ1n) is 8.88. The number of benzene rings is 1. The molecular weight excluding hydrogens is 362 g/mol. The number of aromatic amines is 1. The molecule has 0 amide bonds. The highest BCUT2D eigenvalue weighted by molar-refractivity contribution is 5.82. The van der Waals surface area contributed by atoms with E-state index < -0.39 is 17.1 Å². The summed E-state index contributed by atoms with van der Waals surface area (Å²) >= 11 is 0. The van der Waals surface area contributed by atoms with E-state index in [0.29, 0.717) is 24.6 Å². The maximum absolute atomic E-state index is 12.3. The van der Waals surface area contributed by atoms with Crippen molar-refractivity contribution in [1.82, 2.24) is 19.1 Å². The number of aliphatic imine (C=N–C) groups is 1. The van der Waals surface area contributed by atoms with E-state index in [2.05, 4.69) is 15.0 Å². The Labute approximate surface area is 160 Å². The Morgan fingerprint density at radius 1 is 1.32 bits per heavy atom. The number of nitrogens with one attached hydrogen (secondary N) is 1. The molecule has 0 unspecified atom stereocenters. The molecule has 0 aliphatic rings. The minimum Gasteiger partial charge on any atom is -0.493 e. The van der Waals surface area contributed by atoms with Gasteiger partial charge in [0.25, 0.3) is 5.56 Å². The maximum Gasteiger partial charge on any atom is 0.335 e. The molecule has 0 radical (unpaired) electrons. The quantitative estimate of drug-likeness (QED) is 0.450. The van der Waals surface area contributed by atoms with Crippen LogP contribution in [0.25, 0.3) is 5.69 Å². The minimum atomic E-state index is -0.757. The van der Waals surface area contributed by atoms with Crippen molar-refractivity contribution in [1.29, 1.82) is 0 Å². The molecule has 1 aromatic carbocycles. The first-order valence-corrected chi connectivity index (χ1v) is 8.88. The second kappa shape index (κ2) is 8.85. The van der Waals surface area contributed by atoms with Crippen LogP contribution < -0.4 is 16.0 Å². The van der Waals surface area contributed by atoms with E-state index in [9.17, 15) is 14.7 Å². The molecular formula is C19H21N5O4. The highest BCUT2D eigenvalue weighted by Crippen LogP contribution is 2.25. The highest BCUT2D eigenvalue weighted by Gasteiger charge is 2.16. The number of aryl methyl sites for hydroxylation is 1. The molecule has 0 spiro atoms. The lowest BCUT2D eigenvalue weighted by Crippen LogP contribution is -2.31. The predicted molar refractivity (Wildman–Crippen MR) is 105 cm³/mol. The van der Waals surface area contributed by atoms with Crippen LogP contribution in [0.3, 0.4) is 0 Å². The average molecular weight is 383 g/mol. The number of nitrogens with zero attached hydrogens (tertiary/aromatic N) is 4. The van der Waals surface area contributed by atoms with Crippen molar-refractivity contribution in [2.45, 2.75) is 19.9 Å². The van der Waals surface area contributed by atoms with Crippen molar-refractivity contribution in [2.75, 3.05) is 13.2 Å². The number of ether oxygens (including phenoxy) is 1. The molecule has 0 aliphatic carbocycles. The number of aromatic nitrogens is 4. The van der Waals surface area contributed by atoms with Crippen molar-refractivity contribution in [2.24, 2.45) is 4.99 Å². The molecule has 0 saturated carbocycles. The van der Waals surface area contributed by atoms with Crippen LogP contribution in [0.2, 0.25) is 0 Å². The van der Waals surface area contributed by atoms with Crippen LogP contribution in [-0.2, 0) is 6.54 Å². The number of hydrogen-bond acceptors (Lipinski definition) is 6. The van der Waals surface area contributed by atoms with E-state index in [1.54, 1.807) is 36.8 Å². The first kappa shape index (κ1) is 19.2. The van der Waals surface area contributed by atoms with Gasteiger partial charge in [-0.3, -0.25) is 14.8 Å². The van der Waals surface area contributed by atoms with Gasteiger partial charge >= 0.3 is 5.69 Å². The second-order valence-electron chi connectivity index (χ2n) is 5.92. The Morgan fingerprint density at radius 3 is 2.89 bits per heavy atom. The lowest BCUT2D eigenvalue weighted by Gasteiger charge is -2.13. The molecule has 3 aromatic rings. The molecule has 3 rings (SSSR count). The molecule has 2 heterocycles. The monoisotopic (exact) mass is 383 g/mol. The van der Waals surface area contributed by atoms with Crippen molar-refractivity contribution in [3.05, 3.63) is 69.4 Å². The standard InChI is InChI=1S/C19H21N5O4/c1-2-28-16-7-4-3-6-15(16)24-18(26)14(17(25)22-19(24)27)12-20-8-5-10-23-11-9-21-13-23/h3-4,6-7,9,11-13,26H,2,5,8,10H2,1H3,(H,22,25,27). The van der Waals surface area contributed by atoms with Gasteiger partial charge < -0.3 is 14.4 Å². The van der Waals surface area contributed by atoms with Gasteiger partial charge in [-0.05, 0) is 25.5 Å². The Hall–Kier alpha value is -3.62. The number of H-pyrrole nitrogens is 1. The average Bonchev–Trinajstić information content (AvgIpc) is 3.18. The van der Waals surface area contributed by atoms with Gasteiger partial charge in [0.2, 0.25) is 5.88 Å². The summed E-state index contributed by atoms with van der Waals surface area (Å²) in [5.74, 6) is -0.0723. The Balaban J connectivity index is 1.87. The zero-order valence-corrected chi connectivity index (χ0v) is 15.4. The summed E-state index contributed by atoms with van der Waals surface area (Å²) in [5, 5.41) is 10.6. The summed E-state index contributed by atoms with van der Waals surface area (Å²) in [6.07, 6.45) is 7.28. The van der Waals surface area contributed by atoms with Crippen molar-refractivity contribution < 1.29 is 9.84 Å². The third-order valence-electron chi connectivity index (χ3n) is 4.01. The Kier molecular flexibility index (Phi) is 6.05. The van der Waals surface area contributed by atoms with E-state index in [1.807, 2.05) is 17.7 Å². The summed E-state index contributed by atoms with van der Waals surface area (Å²) in [7, 11) is 0. The molecule has 0 fully saturated rings. The SMILES string of the molecule is CCOc1ccccc1-n1c(O)c(C=NCCCn2ccnc2)c(=O)[nH]c1=O. The van der Waals surface area contributed by atoms with E-state index in [1.165, 1.54) is 6.21 Å². The Morgan fingerprint density at radius 2 is 2.14 bits per heavy atom. The number of hydrogen-bond donors (Lipinski definition) is 2. The number of imidazole rings is 1. The molecule has 0 atom stereocenters. The molecule has 0 saturated heterocycles. The van der Waals surface area contributed by atoms with Gasteiger partial charge in [-0.25, -0.2) is 14.3 Å². The van der Waals surface area contributed by atoms with Crippen molar-refractivity contribution >= 4 is 6.21 Å². The van der Waals surface area contributed by atoms with Gasteiger partial charge in [0.05, 0.1) is 18.6 Å². The molecule has 28 heavy (non-hydrogen) atoms. The number of para-hydroxylation sites is 2. The fourth-order valence-electron chi connectivity index (χ4n) is 2.72. The lowest BCUT2D eigenvalue weighted by molar-refractivity contribution is 0.336. The molecule has 2 aromatic heterocycles. The van der Waals surface area contributed by atoms with Crippen LogP contribution in [0.5, 0.6) is 11.6 Å². The predicted octanol–water partition coefficient (Wildman–Crippen LogP) is 1.34. The molecule has 9 nitrogen and oxygen atoms in total. The summed E-state index contributed by atoms with van der Waals surface area (Å²) in [5.41, 5.74) is -1.22. The van der Waals surface area contributed by atoms with Crippen LogP contribution in [0.1, 0.15) is 18.9 Å². The molecule has 0 bridgehead atoms. The molecule has 146 valence electrons. The fraction of sp³-hybridized carbons (Fsp3) is 0.263. The fourth-order valence-corrected chi connectivity index (χ4v) is 2.72. The number of rotatable bonds is 8.